The minimum absolute atomic E-state index is 0.0160. The second kappa shape index (κ2) is 15.1. The molecule has 2 fully saturated rings. The summed E-state index contributed by atoms with van der Waals surface area (Å²) >= 11 is 0. The third-order valence-electron chi connectivity index (χ3n) is 12.8. The molecule has 1 saturated carbocycles. The molecule has 3 N–H and O–H groups in total. The number of aromatic nitrogens is 1. The first-order valence-corrected chi connectivity index (χ1v) is 23.1. The highest BCUT2D eigenvalue weighted by Gasteiger charge is 2.69. The van der Waals surface area contributed by atoms with Crippen LogP contribution in [0.3, 0.4) is 0 Å². The zero-order valence-electron chi connectivity index (χ0n) is 34.5. The summed E-state index contributed by atoms with van der Waals surface area (Å²) in [4.78, 5) is 46.6. The highest BCUT2D eigenvalue weighted by atomic mass is 28.4. The van der Waals surface area contributed by atoms with Crippen molar-refractivity contribution in [2.24, 2.45) is 11.8 Å². The predicted octanol–water partition coefficient (Wildman–Crippen LogP) is 7.56. The monoisotopic (exact) mass is 822 g/mol. The lowest BCUT2D eigenvalue weighted by atomic mass is 9.57. The average molecular weight is 823 g/mol. The molecule has 14 heteroatoms. The summed E-state index contributed by atoms with van der Waals surface area (Å²) in [6.45, 7) is 10.8. The molecule has 3 aromatic carbocycles. The molecule has 310 valence electrons. The van der Waals surface area contributed by atoms with E-state index in [2.05, 4.69) is 15.8 Å². The summed E-state index contributed by atoms with van der Waals surface area (Å²) in [7, 11) is 0.674. The van der Waals surface area contributed by atoms with Gasteiger partial charge in [-0.2, -0.15) is 0 Å². The van der Waals surface area contributed by atoms with Crippen LogP contribution >= 0.6 is 0 Å². The number of ketones is 2. The van der Waals surface area contributed by atoms with E-state index in [1.54, 1.807) is 0 Å². The molecule has 8 rings (SSSR count). The van der Waals surface area contributed by atoms with E-state index >= 15 is 14.0 Å². The van der Waals surface area contributed by atoms with Crippen molar-refractivity contribution in [2.75, 3.05) is 26.0 Å². The first-order chi connectivity index (χ1) is 28.0. The van der Waals surface area contributed by atoms with E-state index in [-0.39, 0.29) is 77.3 Å². The number of anilines is 1. The number of hydrogen-bond acceptors (Lipinski definition) is 11. The number of carbonyl (C=O) groups is 3. The number of benzene rings is 3. The molecule has 1 amide bonds. The number of halogens is 1. The molecule has 4 aromatic rings. The van der Waals surface area contributed by atoms with E-state index in [1.165, 1.54) is 6.07 Å². The standard InChI is InChI=1S/C45H51FN4O8Si/c1-44(2,3)59(6,7)58-45-29(36(50(4)5)39-35(41(45)53)43(49-57-39)56-24-26-16-12-9-13-17-26)21-27-20-28-30(46)22-32(48-42(54)31-18-19-47-31)38(34(28)37(51)33(27)40(45)52)55-23-25-14-10-8-11-15-25/h8-17,22,27,29,31,36,47,51H,18-21,23-24H2,1-7H3,(H,48,54)/t27-,29-,31-,36-,45-/m0/s1. The summed E-state index contributed by atoms with van der Waals surface area (Å²) < 4.78 is 42.3. The minimum atomic E-state index is -3.00. The zero-order chi connectivity index (χ0) is 42.0. The molecule has 1 aromatic heterocycles. The van der Waals surface area contributed by atoms with Crippen LogP contribution in [0.15, 0.2) is 76.8 Å². The van der Waals surface area contributed by atoms with E-state index < -0.39 is 66.0 Å². The fraction of sp³-hybridized carbons (Fsp3) is 0.422. The molecule has 2 heterocycles. The minimum Gasteiger partial charge on any atom is -0.507 e. The van der Waals surface area contributed by atoms with Gasteiger partial charge in [0.15, 0.2) is 25.4 Å². The Morgan fingerprint density at radius 2 is 1.64 bits per heavy atom. The number of carbonyl (C=O) groups excluding carboxylic acids is 3. The largest absolute Gasteiger partial charge is 0.507 e. The van der Waals surface area contributed by atoms with Crippen molar-refractivity contribution in [3.8, 4) is 11.6 Å². The lowest BCUT2D eigenvalue weighted by Crippen LogP contribution is -2.68. The lowest BCUT2D eigenvalue weighted by Gasteiger charge is -2.55. The van der Waals surface area contributed by atoms with Crippen LogP contribution in [-0.4, -0.2) is 73.2 Å². The van der Waals surface area contributed by atoms with Gasteiger partial charge in [-0.1, -0.05) is 81.4 Å². The van der Waals surface area contributed by atoms with E-state index in [4.69, 9.17) is 18.4 Å². The van der Waals surface area contributed by atoms with Crippen LogP contribution in [0, 0.1) is 17.7 Å². The van der Waals surface area contributed by atoms with Gasteiger partial charge in [0.05, 0.1) is 23.3 Å². The van der Waals surface area contributed by atoms with Crippen LogP contribution < -0.4 is 20.1 Å². The Morgan fingerprint density at radius 3 is 2.22 bits per heavy atom. The number of aliphatic hydroxyl groups excluding tert-OH is 1. The van der Waals surface area contributed by atoms with E-state index in [0.29, 0.717) is 13.0 Å². The smallest absolute Gasteiger partial charge is 0.265 e. The van der Waals surface area contributed by atoms with Gasteiger partial charge in [0.25, 0.3) is 5.88 Å². The second-order valence-electron chi connectivity index (χ2n) is 17.8. The van der Waals surface area contributed by atoms with Gasteiger partial charge in [-0.3, -0.25) is 19.3 Å². The van der Waals surface area contributed by atoms with Crippen molar-refractivity contribution in [3.05, 3.63) is 112 Å². The number of fused-ring (bicyclic) bond motifs is 4. The molecule has 0 unspecified atom stereocenters. The van der Waals surface area contributed by atoms with Crippen LogP contribution in [-0.2, 0) is 33.6 Å². The van der Waals surface area contributed by atoms with Crippen LogP contribution in [0.5, 0.6) is 11.6 Å². The number of hydrogen-bond donors (Lipinski definition) is 3. The highest BCUT2D eigenvalue weighted by Crippen LogP contribution is 2.59. The topological polar surface area (TPSA) is 152 Å². The normalized spacial score (nSPS) is 23.8. The van der Waals surface area contributed by atoms with Crippen molar-refractivity contribution < 1.29 is 42.3 Å². The summed E-state index contributed by atoms with van der Waals surface area (Å²) in [5.41, 5.74) is -0.405. The van der Waals surface area contributed by atoms with Gasteiger partial charge in [-0.05, 0) is 80.2 Å². The predicted molar refractivity (Wildman–Crippen MR) is 221 cm³/mol. The number of rotatable bonds is 11. The van der Waals surface area contributed by atoms with Crippen LogP contribution in [0.25, 0.3) is 5.76 Å². The Kier molecular flexibility index (Phi) is 10.4. The number of nitrogens with zero attached hydrogens (tertiary/aromatic N) is 2. The van der Waals surface area contributed by atoms with Crippen molar-refractivity contribution in [3.63, 3.8) is 0 Å². The summed E-state index contributed by atoms with van der Waals surface area (Å²) in [6, 6.07) is 18.8. The maximum atomic E-state index is 16.5. The molecular formula is C45H51FN4O8Si. The van der Waals surface area contributed by atoms with Crippen molar-refractivity contribution in [1.29, 1.82) is 0 Å². The fourth-order valence-corrected chi connectivity index (χ4v) is 10.1. The van der Waals surface area contributed by atoms with Crippen molar-refractivity contribution in [1.82, 2.24) is 15.4 Å². The van der Waals surface area contributed by atoms with Crippen LogP contribution in [0.4, 0.5) is 10.1 Å². The molecule has 0 radical (unpaired) electrons. The van der Waals surface area contributed by atoms with Gasteiger partial charge < -0.3 is 34.2 Å². The zero-order valence-corrected chi connectivity index (χ0v) is 35.5. The third-order valence-corrected chi connectivity index (χ3v) is 17.3. The molecule has 59 heavy (non-hydrogen) atoms. The van der Waals surface area contributed by atoms with Gasteiger partial charge in [-0.15, -0.1) is 0 Å². The van der Waals surface area contributed by atoms with Crippen molar-refractivity contribution >= 4 is 37.2 Å². The molecule has 0 spiro atoms. The number of ether oxygens (including phenoxy) is 2. The maximum Gasteiger partial charge on any atom is 0.265 e. The fourth-order valence-electron chi connectivity index (χ4n) is 8.67. The first kappa shape index (κ1) is 40.6. The van der Waals surface area contributed by atoms with Gasteiger partial charge in [0.2, 0.25) is 17.5 Å². The first-order valence-electron chi connectivity index (χ1n) is 20.2. The van der Waals surface area contributed by atoms with E-state index in [1.807, 2.05) is 114 Å². The number of aliphatic hydroxyl groups is 1. The lowest BCUT2D eigenvalue weighted by molar-refractivity contribution is -0.140. The van der Waals surface area contributed by atoms with Gasteiger partial charge in [0.1, 0.15) is 30.4 Å². The van der Waals surface area contributed by atoms with Crippen LogP contribution in [0.2, 0.25) is 18.1 Å². The van der Waals surface area contributed by atoms with E-state index in [9.17, 15) is 9.90 Å². The summed E-state index contributed by atoms with van der Waals surface area (Å²) in [5.74, 6) is -4.21. The number of Topliss-reactive ketones (excluding diaryl/α,β-unsaturated/α-hetero) is 2. The quantitative estimate of drug-likeness (QED) is 0.102. The maximum absolute atomic E-state index is 16.5. The molecule has 5 atom stereocenters. The van der Waals surface area contributed by atoms with E-state index in [0.717, 1.165) is 11.1 Å². The molecule has 1 saturated heterocycles. The summed E-state index contributed by atoms with van der Waals surface area (Å²) in [5, 5.41) is 22.2. The van der Waals surface area contributed by atoms with Crippen molar-refractivity contribution in [2.45, 2.75) is 89.1 Å². The Balaban J connectivity index is 1.30. The van der Waals surface area contributed by atoms with Gasteiger partial charge in [0, 0.05) is 23.1 Å². The van der Waals surface area contributed by atoms with Crippen LogP contribution in [0.1, 0.15) is 78.0 Å². The Morgan fingerprint density at radius 1 is 1.02 bits per heavy atom. The molecule has 1 aliphatic heterocycles. The molecule has 0 bridgehead atoms. The Hall–Kier alpha value is -5.15. The Labute approximate surface area is 344 Å². The third kappa shape index (κ3) is 6.89. The molecule has 4 aliphatic rings. The van der Waals surface area contributed by atoms with Gasteiger partial charge in [-0.25, -0.2) is 4.39 Å². The van der Waals surface area contributed by atoms with Gasteiger partial charge >= 0.3 is 0 Å². The Bertz CT molecular complexity index is 2340. The number of amides is 1. The summed E-state index contributed by atoms with van der Waals surface area (Å²) in [6.07, 6.45) is 0.791. The highest BCUT2D eigenvalue weighted by molar-refractivity contribution is 6.74. The molecule has 12 nitrogen and oxygen atoms in total. The second-order valence-corrected chi connectivity index (χ2v) is 22.5. The number of nitrogens with one attached hydrogen (secondary N) is 2. The SMILES string of the molecule is CN(C)[C@@H]1c2onc(OCc3ccccc3)c2C(=O)[C@@]2(O[Si](C)(C)C(C)(C)C)C(=O)C3=C(O)c4c(c(F)cc(NC(=O)[C@@H]5CCN5)c4OCc4ccccc4)C[C@H]3C[C@@H]12. The molecular weight excluding hydrogens is 772 g/mol. The molecule has 3 aliphatic carbocycles. The average Bonchev–Trinajstić information content (AvgIpc) is 3.58.